The van der Waals surface area contributed by atoms with Gasteiger partial charge in [-0.1, -0.05) is 13.3 Å². The van der Waals surface area contributed by atoms with E-state index in [1.807, 2.05) is 4.90 Å². The second-order valence-corrected chi connectivity index (χ2v) is 4.72. The number of carbonyl (C=O) groups excluding carboxylic acids is 1. The van der Waals surface area contributed by atoms with Crippen LogP contribution < -0.4 is 11.3 Å². The Kier molecular flexibility index (Phi) is 4.15. The van der Waals surface area contributed by atoms with Gasteiger partial charge in [0.15, 0.2) is 0 Å². The Bertz CT molecular complexity index is 413. The summed E-state index contributed by atoms with van der Waals surface area (Å²) in [5, 5.41) is 0. The van der Waals surface area contributed by atoms with Crippen molar-refractivity contribution in [2.75, 3.05) is 18.5 Å². The molecule has 1 aliphatic rings. The van der Waals surface area contributed by atoms with Crippen LogP contribution in [0.3, 0.4) is 0 Å². The number of carbonyl (C=O) groups is 1. The van der Waals surface area contributed by atoms with Crippen molar-refractivity contribution in [3.8, 4) is 0 Å². The van der Waals surface area contributed by atoms with Crippen molar-refractivity contribution in [2.24, 2.45) is 11.8 Å². The van der Waals surface area contributed by atoms with Gasteiger partial charge in [0.05, 0.1) is 5.69 Å². The van der Waals surface area contributed by atoms with Crippen molar-refractivity contribution >= 4 is 11.6 Å². The van der Waals surface area contributed by atoms with Gasteiger partial charge in [-0.15, -0.1) is 0 Å². The van der Waals surface area contributed by atoms with Crippen LogP contribution in [0.2, 0.25) is 0 Å². The third-order valence-corrected chi connectivity index (χ3v) is 3.62. The summed E-state index contributed by atoms with van der Waals surface area (Å²) in [7, 11) is 0. The molecule has 1 aromatic heterocycles. The standard InChI is InChI=1S/C13H20N4O/c1-2-10-4-7-17(8-5-10)13(18)12-9-11(16-14)3-6-15-12/h3,6,9-10H,2,4-5,7-8,14H2,1H3,(H,15,16). The molecule has 5 nitrogen and oxygen atoms in total. The zero-order valence-electron chi connectivity index (χ0n) is 10.7. The summed E-state index contributed by atoms with van der Waals surface area (Å²) in [5.74, 6) is 6.10. The molecule has 0 aliphatic carbocycles. The molecule has 98 valence electrons. The van der Waals surface area contributed by atoms with Gasteiger partial charge in [0.25, 0.3) is 5.91 Å². The number of amides is 1. The van der Waals surface area contributed by atoms with Gasteiger partial charge in [-0.2, -0.15) is 0 Å². The van der Waals surface area contributed by atoms with Crippen molar-refractivity contribution < 1.29 is 4.79 Å². The Hall–Kier alpha value is -1.62. The van der Waals surface area contributed by atoms with Crippen LogP contribution in [-0.2, 0) is 0 Å². The van der Waals surface area contributed by atoms with Crippen LogP contribution in [0.4, 0.5) is 5.69 Å². The molecule has 5 heteroatoms. The molecular weight excluding hydrogens is 228 g/mol. The topological polar surface area (TPSA) is 71.2 Å². The molecule has 0 aromatic carbocycles. The minimum Gasteiger partial charge on any atom is -0.337 e. The predicted molar refractivity (Wildman–Crippen MR) is 71.0 cm³/mol. The van der Waals surface area contributed by atoms with Gasteiger partial charge in [0, 0.05) is 19.3 Å². The number of pyridine rings is 1. The number of nitrogens with zero attached hydrogens (tertiary/aromatic N) is 2. The first kappa shape index (κ1) is 12.8. The predicted octanol–water partition coefficient (Wildman–Crippen LogP) is 1.63. The molecule has 0 spiro atoms. The van der Waals surface area contributed by atoms with E-state index in [0.29, 0.717) is 11.4 Å². The highest BCUT2D eigenvalue weighted by Crippen LogP contribution is 2.21. The van der Waals surface area contributed by atoms with Crippen LogP contribution in [0.5, 0.6) is 0 Å². The lowest BCUT2D eigenvalue weighted by molar-refractivity contribution is 0.0683. The summed E-state index contributed by atoms with van der Waals surface area (Å²) in [4.78, 5) is 18.3. The molecule has 0 atom stereocenters. The highest BCUT2D eigenvalue weighted by molar-refractivity contribution is 5.93. The normalized spacial score (nSPS) is 16.7. The number of piperidine rings is 1. The van der Waals surface area contributed by atoms with Crippen LogP contribution in [0.1, 0.15) is 36.7 Å². The second kappa shape index (κ2) is 5.82. The number of hydrazine groups is 1. The number of likely N-dealkylation sites (tertiary alicyclic amines) is 1. The molecule has 1 fully saturated rings. The summed E-state index contributed by atoms with van der Waals surface area (Å²) in [5.41, 5.74) is 3.69. The van der Waals surface area contributed by atoms with E-state index in [1.165, 1.54) is 6.42 Å². The van der Waals surface area contributed by atoms with E-state index in [4.69, 9.17) is 5.84 Å². The minimum absolute atomic E-state index is 0.00153. The number of nitrogen functional groups attached to an aromatic ring is 1. The molecule has 0 saturated carbocycles. The average molecular weight is 248 g/mol. The lowest BCUT2D eigenvalue weighted by Gasteiger charge is -2.31. The third-order valence-electron chi connectivity index (χ3n) is 3.62. The Morgan fingerprint density at radius 3 is 2.89 bits per heavy atom. The number of hydrogen-bond acceptors (Lipinski definition) is 4. The van der Waals surface area contributed by atoms with Gasteiger partial charge in [-0.25, -0.2) is 0 Å². The molecule has 1 amide bonds. The van der Waals surface area contributed by atoms with Crippen LogP contribution in [0, 0.1) is 5.92 Å². The van der Waals surface area contributed by atoms with Crippen LogP contribution >= 0.6 is 0 Å². The molecule has 0 unspecified atom stereocenters. The summed E-state index contributed by atoms with van der Waals surface area (Å²) >= 11 is 0. The smallest absolute Gasteiger partial charge is 0.272 e. The van der Waals surface area contributed by atoms with Crippen LogP contribution in [0.15, 0.2) is 18.3 Å². The van der Waals surface area contributed by atoms with Crippen molar-refractivity contribution in [2.45, 2.75) is 26.2 Å². The fourth-order valence-corrected chi connectivity index (χ4v) is 2.34. The maximum Gasteiger partial charge on any atom is 0.272 e. The maximum atomic E-state index is 12.3. The number of nitrogens with two attached hydrogens (primary N) is 1. The van der Waals surface area contributed by atoms with Crippen molar-refractivity contribution in [3.05, 3.63) is 24.0 Å². The first-order chi connectivity index (χ1) is 8.74. The molecule has 1 aliphatic heterocycles. The van der Waals surface area contributed by atoms with Gasteiger partial charge in [-0.05, 0) is 30.9 Å². The first-order valence-electron chi connectivity index (χ1n) is 6.46. The van der Waals surface area contributed by atoms with Crippen molar-refractivity contribution in [1.29, 1.82) is 0 Å². The highest BCUT2D eigenvalue weighted by Gasteiger charge is 2.23. The second-order valence-electron chi connectivity index (χ2n) is 4.72. The maximum absolute atomic E-state index is 12.3. The summed E-state index contributed by atoms with van der Waals surface area (Å²) in [6, 6.07) is 3.42. The molecular formula is C13H20N4O. The van der Waals surface area contributed by atoms with Gasteiger partial charge in [0.2, 0.25) is 0 Å². The summed E-state index contributed by atoms with van der Waals surface area (Å²) in [6.07, 6.45) is 4.99. The third kappa shape index (κ3) is 2.79. The molecule has 3 N–H and O–H groups in total. The Morgan fingerprint density at radius 2 is 2.28 bits per heavy atom. The molecule has 0 radical (unpaired) electrons. The molecule has 18 heavy (non-hydrogen) atoms. The fraction of sp³-hybridized carbons (Fsp3) is 0.538. The number of hydrogen-bond donors (Lipinski definition) is 2. The van der Waals surface area contributed by atoms with E-state index < -0.39 is 0 Å². The van der Waals surface area contributed by atoms with Crippen molar-refractivity contribution in [1.82, 2.24) is 9.88 Å². The molecule has 1 saturated heterocycles. The fourth-order valence-electron chi connectivity index (χ4n) is 2.34. The first-order valence-corrected chi connectivity index (χ1v) is 6.46. The van der Waals surface area contributed by atoms with E-state index in [0.717, 1.165) is 31.8 Å². The lowest BCUT2D eigenvalue weighted by atomic mass is 9.94. The van der Waals surface area contributed by atoms with Gasteiger partial charge in [0.1, 0.15) is 5.69 Å². The number of nitrogens with one attached hydrogen (secondary N) is 1. The summed E-state index contributed by atoms with van der Waals surface area (Å²) in [6.45, 7) is 3.87. The van der Waals surface area contributed by atoms with Crippen LogP contribution in [-0.4, -0.2) is 28.9 Å². The zero-order chi connectivity index (χ0) is 13.0. The quantitative estimate of drug-likeness (QED) is 0.630. The SMILES string of the molecule is CCC1CCN(C(=O)c2cc(NN)ccn2)CC1. The highest BCUT2D eigenvalue weighted by atomic mass is 16.2. The lowest BCUT2D eigenvalue weighted by Crippen LogP contribution is -2.38. The van der Waals surface area contributed by atoms with Gasteiger partial charge < -0.3 is 10.3 Å². The van der Waals surface area contributed by atoms with E-state index in [1.54, 1.807) is 18.3 Å². The molecule has 2 rings (SSSR count). The van der Waals surface area contributed by atoms with Gasteiger partial charge >= 0.3 is 0 Å². The summed E-state index contributed by atoms with van der Waals surface area (Å²) < 4.78 is 0. The monoisotopic (exact) mass is 248 g/mol. The Morgan fingerprint density at radius 1 is 1.56 bits per heavy atom. The van der Waals surface area contributed by atoms with E-state index >= 15 is 0 Å². The van der Waals surface area contributed by atoms with E-state index in [9.17, 15) is 4.79 Å². The minimum atomic E-state index is 0.00153. The average Bonchev–Trinajstić information content (AvgIpc) is 2.46. The Labute approximate surface area is 107 Å². The molecule has 0 bridgehead atoms. The van der Waals surface area contributed by atoms with Crippen molar-refractivity contribution in [3.63, 3.8) is 0 Å². The zero-order valence-corrected chi connectivity index (χ0v) is 10.7. The van der Waals surface area contributed by atoms with Gasteiger partial charge in [-0.3, -0.25) is 15.6 Å². The largest absolute Gasteiger partial charge is 0.337 e. The van der Waals surface area contributed by atoms with E-state index in [2.05, 4.69) is 17.3 Å². The van der Waals surface area contributed by atoms with Crippen LogP contribution in [0.25, 0.3) is 0 Å². The molecule has 1 aromatic rings. The number of aromatic nitrogens is 1. The Balaban J connectivity index is 2.03. The number of anilines is 1. The number of rotatable bonds is 3. The van der Waals surface area contributed by atoms with E-state index in [-0.39, 0.29) is 5.91 Å². The molecule has 2 heterocycles.